The fourth-order valence-corrected chi connectivity index (χ4v) is 2.98. The molecule has 4 nitrogen and oxygen atoms in total. The summed E-state index contributed by atoms with van der Waals surface area (Å²) in [6, 6.07) is 0. The molecule has 2 rings (SSSR count). The zero-order chi connectivity index (χ0) is 11.5. The molecule has 1 aliphatic rings. The molecule has 0 aliphatic carbocycles. The van der Waals surface area contributed by atoms with Gasteiger partial charge in [0.05, 0.1) is 18.9 Å². The van der Waals surface area contributed by atoms with Crippen molar-refractivity contribution < 1.29 is 4.74 Å². The van der Waals surface area contributed by atoms with E-state index in [1.165, 1.54) is 4.88 Å². The van der Waals surface area contributed by atoms with Crippen molar-refractivity contribution in [1.29, 1.82) is 0 Å². The Balaban J connectivity index is 2.20. The standard InChI is InChI=1S/C11H19N3OS/c1-8(2)10-9(7-12)16-11(13-10)14-3-5-15-6-4-14/h8H,3-7,12H2,1-2H3. The highest BCUT2D eigenvalue weighted by Crippen LogP contribution is 2.30. The van der Waals surface area contributed by atoms with E-state index >= 15 is 0 Å². The highest BCUT2D eigenvalue weighted by Gasteiger charge is 2.19. The minimum Gasteiger partial charge on any atom is -0.378 e. The average Bonchev–Trinajstić information content (AvgIpc) is 2.74. The molecule has 0 saturated carbocycles. The van der Waals surface area contributed by atoms with E-state index in [-0.39, 0.29) is 0 Å². The van der Waals surface area contributed by atoms with Crippen LogP contribution in [0.4, 0.5) is 5.13 Å². The van der Waals surface area contributed by atoms with E-state index in [1.54, 1.807) is 11.3 Å². The van der Waals surface area contributed by atoms with Crippen LogP contribution in [0.2, 0.25) is 0 Å². The number of thiazole rings is 1. The lowest BCUT2D eigenvalue weighted by atomic mass is 10.1. The molecule has 90 valence electrons. The zero-order valence-corrected chi connectivity index (χ0v) is 10.7. The summed E-state index contributed by atoms with van der Waals surface area (Å²) in [6.07, 6.45) is 0. The number of anilines is 1. The Bertz CT molecular complexity index is 345. The molecule has 0 unspecified atom stereocenters. The van der Waals surface area contributed by atoms with Crippen molar-refractivity contribution in [2.45, 2.75) is 26.3 Å². The van der Waals surface area contributed by atoms with Crippen LogP contribution in [0.25, 0.3) is 0 Å². The number of hydrogen-bond acceptors (Lipinski definition) is 5. The molecule has 0 atom stereocenters. The first kappa shape index (κ1) is 11.8. The van der Waals surface area contributed by atoms with E-state index in [4.69, 9.17) is 15.5 Å². The Kier molecular flexibility index (Phi) is 3.78. The number of rotatable bonds is 3. The van der Waals surface area contributed by atoms with E-state index in [2.05, 4.69) is 18.7 Å². The van der Waals surface area contributed by atoms with Gasteiger partial charge in [-0.05, 0) is 5.92 Å². The molecule has 0 radical (unpaired) electrons. The maximum atomic E-state index is 5.76. The maximum Gasteiger partial charge on any atom is 0.185 e. The van der Waals surface area contributed by atoms with Gasteiger partial charge in [0.25, 0.3) is 0 Å². The van der Waals surface area contributed by atoms with Crippen LogP contribution in [-0.4, -0.2) is 31.3 Å². The van der Waals surface area contributed by atoms with Crippen LogP contribution in [0, 0.1) is 0 Å². The number of morpholine rings is 1. The number of hydrogen-bond donors (Lipinski definition) is 1. The van der Waals surface area contributed by atoms with Crippen LogP contribution in [0.5, 0.6) is 0 Å². The lowest BCUT2D eigenvalue weighted by Gasteiger charge is -2.26. The lowest BCUT2D eigenvalue weighted by Crippen LogP contribution is -2.36. The fraction of sp³-hybridized carbons (Fsp3) is 0.727. The summed E-state index contributed by atoms with van der Waals surface area (Å²) < 4.78 is 5.34. The van der Waals surface area contributed by atoms with Crippen LogP contribution in [0.3, 0.4) is 0 Å². The first-order valence-electron chi connectivity index (χ1n) is 5.74. The predicted octanol–water partition coefficient (Wildman–Crippen LogP) is 1.56. The highest BCUT2D eigenvalue weighted by molar-refractivity contribution is 7.15. The van der Waals surface area contributed by atoms with E-state index in [0.717, 1.165) is 37.1 Å². The Hall–Kier alpha value is -0.650. The summed E-state index contributed by atoms with van der Waals surface area (Å²) in [6.45, 7) is 8.40. The Labute approximate surface area is 100 Å². The van der Waals surface area contributed by atoms with Gasteiger partial charge < -0.3 is 15.4 Å². The second kappa shape index (κ2) is 5.12. The van der Waals surface area contributed by atoms with Gasteiger partial charge in [0.15, 0.2) is 5.13 Å². The van der Waals surface area contributed by atoms with Crippen molar-refractivity contribution in [3.63, 3.8) is 0 Å². The van der Waals surface area contributed by atoms with E-state index in [9.17, 15) is 0 Å². The van der Waals surface area contributed by atoms with Gasteiger partial charge in [0.1, 0.15) is 0 Å². The monoisotopic (exact) mass is 241 g/mol. The van der Waals surface area contributed by atoms with Gasteiger partial charge in [-0.1, -0.05) is 13.8 Å². The normalized spacial score (nSPS) is 17.1. The molecule has 2 N–H and O–H groups in total. The first-order valence-corrected chi connectivity index (χ1v) is 6.56. The molecule has 0 aromatic carbocycles. The third kappa shape index (κ3) is 2.36. The van der Waals surface area contributed by atoms with Gasteiger partial charge in [0.2, 0.25) is 0 Å². The molecule has 5 heteroatoms. The molecule has 1 fully saturated rings. The van der Waals surface area contributed by atoms with Gasteiger partial charge in [-0.25, -0.2) is 4.98 Å². The van der Waals surface area contributed by atoms with E-state index in [0.29, 0.717) is 12.5 Å². The van der Waals surface area contributed by atoms with Crippen molar-refractivity contribution in [3.05, 3.63) is 10.6 Å². The van der Waals surface area contributed by atoms with Crippen LogP contribution in [0.1, 0.15) is 30.3 Å². The van der Waals surface area contributed by atoms with Crippen molar-refractivity contribution in [2.75, 3.05) is 31.2 Å². The van der Waals surface area contributed by atoms with Gasteiger partial charge in [-0.15, -0.1) is 11.3 Å². The quantitative estimate of drug-likeness (QED) is 0.872. The zero-order valence-electron chi connectivity index (χ0n) is 9.90. The second-order valence-corrected chi connectivity index (χ2v) is 5.33. The van der Waals surface area contributed by atoms with Crippen LogP contribution >= 0.6 is 11.3 Å². The molecule has 1 aromatic heterocycles. The van der Waals surface area contributed by atoms with Crippen molar-refractivity contribution >= 4 is 16.5 Å². The summed E-state index contributed by atoms with van der Waals surface area (Å²) >= 11 is 1.73. The molecule has 0 bridgehead atoms. The smallest absolute Gasteiger partial charge is 0.185 e. The second-order valence-electron chi connectivity index (χ2n) is 4.26. The average molecular weight is 241 g/mol. The Morgan fingerprint density at radius 1 is 1.44 bits per heavy atom. The third-order valence-electron chi connectivity index (χ3n) is 2.73. The number of aromatic nitrogens is 1. The third-order valence-corrected chi connectivity index (χ3v) is 3.88. The lowest BCUT2D eigenvalue weighted by molar-refractivity contribution is 0.122. The number of nitrogens with zero attached hydrogens (tertiary/aromatic N) is 2. The molecule has 1 aromatic rings. The van der Waals surface area contributed by atoms with Crippen LogP contribution < -0.4 is 10.6 Å². The van der Waals surface area contributed by atoms with Crippen LogP contribution in [-0.2, 0) is 11.3 Å². The van der Waals surface area contributed by atoms with E-state index < -0.39 is 0 Å². The summed E-state index contributed by atoms with van der Waals surface area (Å²) in [5.74, 6) is 0.449. The molecule has 0 spiro atoms. The molecule has 1 saturated heterocycles. The molecule has 2 heterocycles. The molecule has 1 aliphatic heterocycles. The molecule has 16 heavy (non-hydrogen) atoms. The van der Waals surface area contributed by atoms with E-state index in [1.807, 2.05) is 0 Å². The predicted molar refractivity (Wildman–Crippen MR) is 67.1 cm³/mol. The molecule has 0 amide bonds. The summed E-state index contributed by atoms with van der Waals surface area (Å²) in [5, 5.41) is 1.10. The fourth-order valence-electron chi connectivity index (χ4n) is 1.84. The maximum absolute atomic E-state index is 5.76. The largest absolute Gasteiger partial charge is 0.378 e. The minimum absolute atomic E-state index is 0.449. The Morgan fingerprint density at radius 2 is 2.12 bits per heavy atom. The summed E-state index contributed by atoms with van der Waals surface area (Å²) in [7, 11) is 0. The Morgan fingerprint density at radius 3 is 2.62 bits per heavy atom. The van der Waals surface area contributed by atoms with Crippen molar-refractivity contribution in [1.82, 2.24) is 4.98 Å². The summed E-state index contributed by atoms with van der Waals surface area (Å²) in [4.78, 5) is 8.22. The van der Waals surface area contributed by atoms with Gasteiger partial charge >= 0.3 is 0 Å². The number of ether oxygens (including phenoxy) is 1. The minimum atomic E-state index is 0.449. The van der Waals surface area contributed by atoms with Crippen LogP contribution in [0.15, 0.2) is 0 Å². The van der Waals surface area contributed by atoms with Gasteiger partial charge in [-0.2, -0.15) is 0 Å². The van der Waals surface area contributed by atoms with Crippen molar-refractivity contribution in [2.24, 2.45) is 5.73 Å². The van der Waals surface area contributed by atoms with Gasteiger partial charge in [0, 0.05) is 24.5 Å². The molecular formula is C11H19N3OS. The topological polar surface area (TPSA) is 51.4 Å². The highest BCUT2D eigenvalue weighted by atomic mass is 32.1. The van der Waals surface area contributed by atoms with Crippen molar-refractivity contribution in [3.8, 4) is 0 Å². The number of nitrogens with two attached hydrogens (primary N) is 1. The summed E-state index contributed by atoms with van der Waals surface area (Å²) in [5.41, 5.74) is 6.92. The molecular weight excluding hydrogens is 222 g/mol. The van der Waals surface area contributed by atoms with Gasteiger partial charge in [-0.3, -0.25) is 0 Å². The first-order chi connectivity index (χ1) is 7.72. The SMILES string of the molecule is CC(C)c1nc(N2CCOCC2)sc1CN.